The van der Waals surface area contributed by atoms with Crippen LogP contribution in [-0.4, -0.2) is 20.3 Å². The molecule has 1 fully saturated rings. The summed E-state index contributed by atoms with van der Waals surface area (Å²) in [7, 11) is 0. The number of aromatic amines is 1. The third-order valence-corrected chi connectivity index (χ3v) is 4.67. The van der Waals surface area contributed by atoms with Crippen LogP contribution in [0.2, 0.25) is 0 Å². The number of pyridine rings is 1. The lowest BCUT2D eigenvalue weighted by molar-refractivity contribution is -0.122. The smallest absolute Gasteiger partial charge is 0.297 e. The van der Waals surface area contributed by atoms with Gasteiger partial charge in [-0.1, -0.05) is 31.7 Å². The Morgan fingerprint density at radius 2 is 2.04 bits per heavy atom. The predicted molar refractivity (Wildman–Crippen MR) is 89.9 cm³/mol. The van der Waals surface area contributed by atoms with Gasteiger partial charge < -0.3 is 0 Å². The molecule has 0 spiro atoms. The topological polar surface area (TPSA) is 84.8 Å². The quantitative estimate of drug-likeness (QED) is 0.877. The van der Waals surface area contributed by atoms with Crippen LogP contribution in [-0.2, 0) is 11.2 Å². The van der Waals surface area contributed by atoms with Gasteiger partial charge in [0, 0.05) is 24.2 Å². The lowest BCUT2D eigenvalue weighted by Crippen LogP contribution is -2.36. The fourth-order valence-electron chi connectivity index (χ4n) is 3.43. The summed E-state index contributed by atoms with van der Waals surface area (Å²) in [6, 6.07) is 6.18. The van der Waals surface area contributed by atoms with Gasteiger partial charge in [-0.25, -0.2) is 4.79 Å². The summed E-state index contributed by atoms with van der Waals surface area (Å²) in [5.41, 5.74) is -0.288. The van der Waals surface area contributed by atoms with Crippen LogP contribution in [0, 0.1) is 5.92 Å². The first-order valence-electron chi connectivity index (χ1n) is 8.37. The molecule has 6 heteroatoms. The van der Waals surface area contributed by atoms with Crippen LogP contribution in [0.3, 0.4) is 0 Å². The molecule has 1 N–H and O–H groups in total. The van der Waals surface area contributed by atoms with Crippen LogP contribution in [0.15, 0.2) is 46.2 Å². The highest BCUT2D eigenvalue weighted by molar-refractivity contribution is 5.84. The zero-order chi connectivity index (χ0) is 16.9. The zero-order valence-electron chi connectivity index (χ0n) is 13.5. The van der Waals surface area contributed by atoms with Crippen molar-refractivity contribution in [3.05, 3.63) is 63.2 Å². The Bertz CT molecular complexity index is 804. The Labute approximate surface area is 139 Å². The number of carbonyl (C=O) groups excluding carboxylic acids is 1. The maximum atomic E-state index is 12.8. The number of Topliss-reactive ketones (excluding diaryl/α,β-unsaturated/α-hetero) is 1. The molecule has 126 valence electrons. The monoisotopic (exact) mass is 327 g/mol. The van der Waals surface area contributed by atoms with Gasteiger partial charge in [0.05, 0.1) is 12.5 Å². The van der Waals surface area contributed by atoms with Gasteiger partial charge in [0.15, 0.2) is 5.78 Å². The number of carbonyl (C=O) groups is 1. The minimum atomic E-state index is -0.556. The molecule has 1 aliphatic carbocycles. The van der Waals surface area contributed by atoms with Crippen molar-refractivity contribution in [2.75, 3.05) is 0 Å². The maximum absolute atomic E-state index is 12.8. The number of nitrogens with zero attached hydrogens (tertiary/aromatic N) is 2. The molecule has 1 aliphatic rings. The molecule has 1 saturated carbocycles. The third-order valence-electron chi connectivity index (χ3n) is 4.67. The fourth-order valence-corrected chi connectivity index (χ4v) is 3.43. The minimum Gasteiger partial charge on any atom is -0.297 e. The van der Waals surface area contributed by atoms with E-state index in [4.69, 9.17) is 0 Å². The van der Waals surface area contributed by atoms with Gasteiger partial charge in [-0.2, -0.15) is 0 Å². The number of hydrogen-bond donors (Lipinski definition) is 1. The summed E-state index contributed by atoms with van der Waals surface area (Å²) in [6.07, 6.45) is 8.43. The molecule has 1 unspecified atom stereocenters. The average molecular weight is 327 g/mol. The Morgan fingerprint density at radius 3 is 2.71 bits per heavy atom. The molecule has 3 rings (SSSR count). The Balaban J connectivity index is 1.87. The molecule has 0 bridgehead atoms. The summed E-state index contributed by atoms with van der Waals surface area (Å²) in [5.74, 6) is 0.399. The van der Waals surface area contributed by atoms with Crippen LogP contribution < -0.4 is 11.2 Å². The normalized spacial score (nSPS) is 16.2. The summed E-state index contributed by atoms with van der Waals surface area (Å²) < 4.78 is 1.37. The Hall–Kier alpha value is -2.50. The largest absolute Gasteiger partial charge is 0.328 e. The average Bonchev–Trinajstić information content (AvgIpc) is 3.07. The van der Waals surface area contributed by atoms with E-state index in [1.807, 2.05) is 6.07 Å². The van der Waals surface area contributed by atoms with Crippen LogP contribution >= 0.6 is 0 Å². The minimum absolute atomic E-state index is 0.0465. The van der Waals surface area contributed by atoms with Gasteiger partial charge in [-0.05, 0) is 24.5 Å². The molecule has 24 heavy (non-hydrogen) atoms. The van der Waals surface area contributed by atoms with Crippen molar-refractivity contribution in [1.29, 1.82) is 0 Å². The van der Waals surface area contributed by atoms with Crippen molar-refractivity contribution in [3.63, 3.8) is 0 Å². The molecule has 1 atom stereocenters. The molecular weight excluding hydrogens is 306 g/mol. The lowest BCUT2D eigenvalue weighted by Gasteiger charge is -2.21. The summed E-state index contributed by atoms with van der Waals surface area (Å²) in [4.78, 5) is 42.7. The van der Waals surface area contributed by atoms with Gasteiger partial charge in [-0.15, -0.1) is 0 Å². The highest BCUT2D eigenvalue weighted by atomic mass is 16.2. The third kappa shape index (κ3) is 3.88. The second-order valence-electron chi connectivity index (χ2n) is 6.38. The van der Waals surface area contributed by atoms with Crippen molar-refractivity contribution in [2.45, 2.75) is 44.6 Å². The molecule has 0 amide bonds. The summed E-state index contributed by atoms with van der Waals surface area (Å²) >= 11 is 0. The summed E-state index contributed by atoms with van der Waals surface area (Å²) in [5, 5.41) is 0. The van der Waals surface area contributed by atoms with Gasteiger partial charge in [0.1, 0.15) is 0 Å². The first-order valence-corrected chi connectivity index (χ1v) is 8.37. The molecule has 2 aromatic rings. The molecular formula is C18H21N3O3. The zero-order valence-corrected chi connectivity index (χ0v) is 13.5. The van der Waals surface area contributed by atoms with Gasteiger partial charge >= 0.3 is 5.69 Å². The Morgan fingerprint density at radius 1 is 1.25 bits per heavy atom. The molecule has 0 aromatic carbocycles. The molecule has 0 radical (unpaired) electrons. The maximum Gasteiger partial charge on any atom is 0.328 e. The Kier molecular flexibility index (Phi) is 5.03. The highest BCUT2D eigenvalue weighted by Crippen LogP contribution is 2.32. The highest BCUT2D eigenvalue weighted by Gasteiger charge is 2.27. The van der Waals surface area contributed by atoms with Crippen LogP contribution in [0.1, 0.15) is 43.8 Å². The van der Waals surface area contributed by atoms with E-state index >= 15 is 0 Å². The molecule has 2 aromatic heterocycles. The van der Waals surface area contributed by atoms with E-state index in [1.54, 1.807) is 18.3 Å². The SMILES string of the molecule is O=C(Cc1ccccn1)C(CC1CCCC1)n1ccc(=O)[nH]c1=O. The van der Waals surface area contributed by atoms with E-state index in [0.29, 0.717) is 18.0 Å². The first kappa shape index (κ1) is 16.4. The van der Waals surface area contributed by atoms with E-state index in [1.165, 1.54) is 29.7 Å². The molecule has 2 heterocycles. The van der Waals surface area contributed by atoms with E-state index in [0.717, 1.165) is 12.8 Å². The number of hydrogen-bond acceptors (Lipinski definition) is 4. The number of rotatable bonds is 6. The van der Waals surface area contributed by atoms with Crippen molar-refractivity contribution in [2.24, 2.45) is 5.92 Å². The van der Waals surface area contributed by atoms with Crippen molar-refractivity contribution in [1.82, 2.24) is 14.5 Å². The standard InChI is InChI=1S/C18H21N3O3/c22-16(12-14-7-3-4-9-19-14)15(11-13-5-1-2-6-13)21-10-8-17(23)20-18(21)24/h3-4,7-10,13,15H,1-2,5-6,11-12H2,(H,20,23,24). The van der Waals surface area contributed by atoms with Gasteiger partial charge in [-0.3, -0.25) is 24.1 Å². The van der Waals surface area contributed by atoms with E-state index in [9.17, 15) is 14.4 Å². The second-order valence-corrected chi connectivity index (χ2v) is 6.38. The molecule has 0 aliphatic heterocycles. The second kappa shape index (κ2) is 7.38. The number of nitrogens with one attached hydrogen (secondary N) is 1. The number of H-pyrrole nitrogens is 1. The number of aromatic nitrogens is 3. The predicted octanol–water partition coefficient (Wildman–Crippen LogP) is 1.86. The number of ketones is 1. The van der Waals surface area contributed by atoms with Crippen LogP contribution in [0.4, 0.5) is 0 Å². The van der Waals surface area contributed by atoms with Crippen molar-refractivity contribution < 1.29 is 4.79 Å². The van der Waals surface area contributed by atoms with Gasteiger partial charge in [0.25, 0.3) is 5.56 Å². The van der Waals surface area contributed by atoms with Crippen molar-refractivity contribution >= 4 is 5.78 Å². The molecule has 6 nitrogen and oxygen atoms in total. The fraction of sp³-hybridized carbons (Fsp3) is 0.444. The lowest BCUT2D eigenvalue weighted by atomic mass is 9.94. The van der Waals surface area contributed by atoms with E-state index in [-0.39, 0.29) is 12.2 Å². The summed E-state index contributed by atoms with van der Waals surface area (Å²) in [6.45, 7) is 0. The molecule has 0 saturated heterocycles. The van der Waals surface area contributed by atoms with Crippen LogP contribution in [0.25, 0.3) is 0 Å². The van der Waals surface area contributed by atoms with Gasteiger partial charge in [0.2, 0.25) is 0 Å². The first-order chi connectivity index (χ1) is 11.6. The van der Waals surface area contributed by atoms with E-state index in [2.05, 4.69) is 9.97 Å². The van der Waals surface area contributed by atoms with Crippen LogP contribution in [0.5, 0.6) is 0 Å². The van der Waals surface area contributed by atoms with E-state index < -0.39 is 17.3 Å². The van der Waals surface area contributed by atoms with Crippen molar-refractivity contribution in [3.8, 4) is 0 Å².